The van der Waals surface area contributed by atoms with Crippen LogP contribution in [0, 0.1) is 0 Å². The fourth-order valence-electron chi connectivity index (χ4n) is 5.01. The number of benzene rings is 3. The maximum absolute atomic E-state index is 7.46. The van der Waals surface area contributed by atoms with E-state index >= 15 is 0 Å². The van der Waals surface area contributed by atoms with Crippen LogP contribution in [0.15, 0.2) is 78.9 Å². The molecule has 1 saturated carbocycles. The zero-order chi connectivity index (χ0) is 21.5. The molecule has 0 spiro atoms. The van der Waals surface area contributed by atoms with Crippen molar-refractivity contribution >= 4 is 23.2 Å². The van der Waals surface area contributed by atoms with Crippen LogP contribution in [0.3, 0.4) is 0 Å². The molecule has 0 saturated heterocycles. The fraction of sp³-hybridized carbons (Fsp3) is 0.379. The van der Waals surface area contributed by atoms with Gasteiger partial charge in [0, 0.05) is 10.6 Å². The van der Waals surface area contributed by atoms with E-state index in [4.69, 9.17) is 23.2 Å². The largest absolute Gasteiger partial charge is 0.121 e. The second-order valence-electron chi connectivity index (χ2n) is 8.88. The van der Waals surface area contributed by atoms with E-state index < -0.39 is 4.87 Å². The zero-order valence-electron chi connectivity index (χ0n) is 18.2. The predicted octanol–water partition coefficient (Wildman–Crippen LogP) is 9.48. The number of hydrogen-bond acceptors (Lipinski definition) is 0. The Morgan fingerprint density at radius 2 is 1.10 bits per heavy atom. The summed E-state index contributed by atoms with van der Waals surface area (Å²) in [4.78, 5) is -0.811. The summed E-state index contributed by atoms with van der Waals surface area (Å²) < 4.78 is 0. The quantitative estimate of drug-likeness (QED) is 0.274. The van der Waals surface area contributed by atoms with Gasteiger partial charge in [-0.3, -0.25) is 0 Å². The predicted molar refractivity (Wildman–Crippen MR) is 134 cm³/mol. The average molecular weight is 451 g/mol. The summed E-state index contributed by atoms with van der Waals surface area (Å²) >= 11 is 14.1. The minimum atomic E-state index is -0.811. The summed E-state index contributed by atoms with van der Waals surface area (Å²) in [6.45, 7) is 0. The molecular weight excluding hydrogens is 419 g/mol. The summed E-state index contributed by atoms with van der Waals surface area (Å²) in [5.74, 6) is 0.661. The molecule has 1 unspecified atom stereocenters. The van der Waals surface area contributed by atoms with E-state index in [9.17, 15) is 0 Å². The Balaban J connectivity index is 1.68. The molecule has 0 nitrogen and oxygen atoms in total. The Morgan fingerprint density at radius 1 is 0.581 bits per heavy atom. The van der Waals surface area contributed by atoms with Crippen LogP contribution in [-0.4, -0.2) is 0 Å². The highest BCUT2D eigenvalue weighted by Crippen LogP contribution is 2.46. The number of alkyl halides is 1. The van der Waals surface area contributed by atoms with Gasteiger partial charge < -0.3 is 0 Å². The van der Waals surface area contributed by atoms with Gasteiger partial charge in [-0.05, 0) is 41.5 Å². The van der Waals surface area contributed by atoms with Crippen molar-refractivity contribution < 1.29 is 0 Å². The first kappa shape index (κ1) is 22.4. The van der Waals surface area contributed by atoms with Crippen LogP contribution >= 0.6 is 23.2 Å². The van der Waals surface area contributed by atoms with Crippen molar-refractivity contribution in [1.82, 2.24) is 0 Å². The summed E-state index contributed by atoms with van der Waals surface area (Å²) in [7, 11) is 0. The molecule has 0 N–H and O–H groups in total. The van der Waals surface area contributed by atoms with Gasteiger partial charge >= 0.3 is 0 Å². The van der Waals surface area contributed by atoms with Crippen molar-refractivity contribution in [3.63, 3.8) is 0 Å². The molecule has 3 aromatic carbocycles. The Labute approximate surface area is 197 Å². The van der Waals surface area contributed by atoms with Crippen LogP contribution in [-0.2, 0) is 4.87 Å². The van der Waals surface area contributed by atoms with Crippen molar-refractivity contribution in [2.24, 2.45) is 0 Å². The van der Waals surface area contributed by atoms with Crippen LogP contribution in [0.2, 0.25) is 5.02 Å². The minimum absolute atomic E-state index is 0.661. The Kier molecular flexibility index (Phi) is 7.75. The van der Waals surface area contributed by atoms with E-state index in [1.807, 2.05) is 42.5 Å². The molecule has 0 radical (unpaired) electrons. The molecule has 3 aromatic rings. The lowest BCUT2D eigenvalue weighted by molar-refractivity contribution is 0.462. The summed E-state index contributed by atoms with van der Waals surface area (Å²) in [6, 6.07) is 27.3. The molecule has 1 fully saturated rings. The monoisotopic (exact) mass is 450 g/mol. The smallest absolute Gasteiger partial charge is 0.103 e. The molecule has 0 amide bonds. The highest BCUT2D eigenvalue weighted by Gasteiger charge is 2.35. The van der Waals surface area contributed by atoms with Gasteiger partial charge in [-0.1, -0.05) is 129 Å². The molecule has 1 aliphatic carbocycles. The van der Waals surface area contributed by atoms with E-state index in [0.29, 0.717) is 10.9 Å². The molecular formula is C29H32Cl2. The third-order valence-electron chi connectivity index (χ3n) is 6.80. The first-order chi connectivity index (χ1) is 15.2. The molecule has 31 heavy (non-hydrogen) atoms. The van der Waals surface area contributed by atoms with Crippen LogP contribution in [0.1, 0.15) is 86.0 Å². The number of halogens is 2. The highest BCUT2D eigenvalue weighted by atomic mass is 35.5. The van der Waals surface area contributed by atoms with Gasteiger partial charge in [0.05, 0.1) is 0 Å². The van der Waals surface area contributed by atoms with Crippen LogP contribution in [0.4, 0.5) is 0 Å². The second kappa shape index (κ2) is 10.7. The van der Waals surface area contributed by atoms with E-state index in [-0.39, 0.29) is 0 Å². The van der Waals surface area contributed by atoms with Gasteiger partial charge in [0.2, 0.25) is 0 Å². The third kappa shape index (κ3) is 5.18. The second-order valence-corrected chi connectivity index (χ2v) is 9.85. The lowest BCUT2D eigenvalue weighted by Gasteiger charge is -2.30. The van der Waals surface area contributed by atoms with Crippen LogP contribution in [0.25, 0.3) is 0 Å². The summed E-state index contributed by atoms with van der Waals surface area (Å²) in [5.41, 5.74) is 4.49. The van der Waals surface area contributed by atoms with Crippen molar-refractivity contribution in [3.8, 4) is 0 Å². The van der Waals surface area contributed by atoms with Crippen LogP contribution in [0.5, 0.6) is 0 Å². The summed E-state index contributed by atoms with van der Waals surface area (Å²) in [5, 5.41) is 0.692. The molecule has 1 aliphatic rings. The van der Waals surface area contributed by atoms with E-state index in [2.05, 4.69) is 36.4 Å². The lowest BCUT2D eigenvalue weighted by Crippen LogP contribution is -2.23. The molecule has 0 heterocycles. The highest BCUT2D eigenvalue weighted by molar-refractivity contribution is 6.34. The van der Waals surface area contributed by atoms with Crippen molar-refractivity contribution in [2.45, 2.75) is 68.6 Å². The Bertz CT molecular complexity index is 938. The number of hydrogen-bond donors (Lipinski definition) is 0. The lowest BCUT2D eigenvalue weighted by atomic mass is 9.82. The van der Waals surface area contributed by atoms with Crippen molar-refractivity contribution in [2.75, 3.05) is 0 Å². The first-order valence-corrected chi connectivity index (χ1v) is 12.5. The third-order valence-corrected chi connectivity index (χ3v) is 7.77. The molecule has 162 valence electrons. The topological polar surface area (TPSA) is 0 Å². The van der Waals surface area contributed by atoms with E-state index in [0.717, 1.165) is 16.7 Å². The van der Waals surface area contributed by atoms with Gasteiger partial charge in [0.25, 0.3) is 0 Å². The zero-order valence-corrected chi connectivity index (χ0v) is 19.7. The molecule has 1 atom stereocenters. The molecule has 0 aromatic heterocycles. The first-order valence-electron chi connectivity index (χ1n) is 11.8. The van der Waals surface area contributed by atoms with Gasteiger partial charge in [0.1, 0.15) is 4.87 Å². The standard InChI is InChI=1S/C29H32Cl2/c30-28-18-12-11-17-27(28)29(31,25-15-9-6-10-16-25)26-21-19-24(20-22-26)23-13-7-4-2-1-3-5-8-14-23/h6,9-12,15-23H,1-5,7-8,13-14H2. The van der Waals surface area contributed by atoms with Gasteiger partial charge in [-0.25, -0.2) is 0 Å². The van der Waals surface area contributed by atoms with Gasteiger partial charge in [-0.15, -0.1) is 11.6 Å². The molecule has 0 bridgehead atoms. The molecule has 4 rings (SSSR count). The van der Waals surface area contributed by atoms with Crippen molar-refractivity contribution in [1.29, 1.82) is 0 Å². The van der Waals surface area contributed by atoms with Crippen molar-refractivity contribution in [3.05, 3.63) is 106 Å². The summed E-state index contributed by atoms with van der Waals surface area (Å²) in [6.07, 6.45) is 12.2. The average Bonchev–Trinajstić information content (AvgIpc) is 2.83. The maximum Gasteiger partial charge on any atom is 0.121 e. The van der Waals surface area contributed by atoms with E-state index in [1.165, 1.54) is 63.4 Å². The van der Waals surface area contributed by atoms with Gasteiger partial charge in [0.15, 0.2) is 0 Å². The minimum Gasteiger partial charge on any atom is -0.103 e. The van der Waals surface area contributed by atoms with Gasteiger partial charge in [-0.2, -0.15) is 0 Å². The molecule has 2 heteroatoms. The normalized spacial score (nSPS) is 18.3. The molecule has 0 aliphatic heterocycles. The fourth-order valence-corrected chi connectivity index (χ4v) is 5.76. The van der Waals surface area contributed by atoms with E-state index in [1.54, 1.807) is 0 Å². The SMILES string of the molecule is Clc1ccccc1C(Cl)(c1ccccc1)c1ccc(C2CCCCCCCCC2)cc1. The maximum atomic E-state index is 7.46. The van der Waals surface area contributed by atoms with Crippen LogP contribution < -0.4 is 0 Å². The number of rotatable bonds is 4. The Morgan fingerprint density at radius 3 is 1.71 bits per heavy atom. The Hall–Kier alpha value is -1.76.